The highest BCUT2D eigenvalue weighted by atomic mass is 35.5. The largest absolute Gasteiger partial charge is 0.374 e. The van der Waals surface area contributed by atoms with E-state index >= 15 is 0 Å². The zero-order valence-electron chi connectivity index (χ0n) is 9.30. The lowest BCUT2D eigenvalue weighted by Crippen LogP contribution is -2.37. The summed E-state index contributed by atoms with van der Waals surface area (Å²) in [5, 5.41) is 5.93. The number of halogens is 2. The lowest BCUT2D eigenvalue weighted by molar-refractivity contribution is -0.121. The van der Waals surface area contributed by atoms with Gasteiger partial charge in [0.2, 0.25) is 5.91 Å². The quantitative estimate of drug-likeness (QED) is 0.854. The van der Waals surface area contributed by atoms with Crippen LogP contribution < -0.4 is 10.6 Å². The summed E-state index contributed by atoms with van der Waals surface area (Å²) in [5.41, 5.74) is 0.578. The van der Waals surface area contributed by atoms with Gasteiger partial charge in [-0.3, -0.25) is 4.79 Å². The zero-order valence-corrected chi connectivity index (χ0v) is 10.1. The van der Waals surface area contributed by atoms with Crippen molar-refractivity contribution in [3.63, 3.8) is 0 Å². The van der Waals surface area contributed by atoms with Gasteiger partial charge in [0.05, 0.1) is 5.02 Å². The predicted molar refractivity (Wildman–Crippen MR) is 65.7 cm³/mol. The van der Waals surface area contributed by atoms with E-state index in [9.17, 15) is 9.18 Å². The summed E-state index contributed by atoms with van der Waals surface area (Å²) < 4.78 is 13.2. The van der Waals surface area contributed by atoms with Crippen LogP contribution in [0.2, 0.25) is 5.02 Å². The molecule has 5 heteroatoms. The van der Waals surface area contributed by atoms with E-state index in [1.54, 1.807) is 6.07 Å². The summed E-state index contributed by atoms with van der Waals surface area (Å²) in [6.45, 7) is 0.714. The summed E-state index contributed by atoms with van der Waals surface area (Å²) in [5.74, 6) is -0.511. The lowest BCUT2D eigenvalue weighted by atomic mass is 10.1. The number of hydrogen-bond donors (Lipinski definition) is 2. The van der Waals surface area contributed by atoms with E-state index in [1.807, 2.05) is 0 Å². The molecule has 1 aliphatic heterocycles. The monoisotopic (exact) mass is 256 g/mol. The van der Waals surface area contributed by atoms with Crippen molar-refractivity contribution in [2.24, 2.45) is 0 Å². The molecule has 1 heterocycles. The molecule has 17 heavy (non-hydrogen) atoms. The van der Waals surface area contributed by atoms with Crippen molar-refractivity contribution in [3.8, 4) is 0 Å². The van der Waals surface area contributed by atoms with Gasteiger partial charge in [0, 0.05) is 12.2 Å². The van der Waals surface area contributed by atoms with Gasteiger partial charge < -0.3 is 10.6 Å². The molecule has 0 bridgehead atoms. The molecule has 0 aromatic heterocycles. The van der Waals surface area contributed by atoms with Crippen LogP contribution >= 0.6 is 11.6 Å². The molecule has 1 saturated heterocycles. The number of amides is 1. The topological polar surface area (TPSA) is 41.1 Å². The highest BCUT2D eigenvalue weighted by molar-refractivity contribution is 6.30. The standard InChI is InChI=1S/C12H14ClFN2O/c13-9-5-4-8(7-10(9)14)16-11-3-1-2-6-15-12(11)17/h4-5,7,11,16H,1-3,6H2,(H,15,17). The van der Waals surface area contributed by atoms with Crippen LogP contribution in [0.25, 0.3) is 0 Å². The molecular weight excluding hydrogens is 243 g/mol. The first-order valence-electron chi connectivity index (χ1n) is 5.66. The fraction of sp³-hybridized carbons (Fsp3) is 0.417. The molecule has 92 valence electrons. The van der Waals surface area contributed by atoms with Gasteiger partial charge in [-0.05, 0) is 37.5 Å². The van der Waals surface area contributed by atoms with Gasteiger partial charge in [0.15, 0.2) is 0 Å². The Morgan fingerprint density at radius 3 is 3.00 bits per heavy atom. The third kappa shape index (κ3) is 3.09. The highest BCUT2D eigenvalue weighted by Gasteiger charge is 2.20. The molecule has 1 atom stereocenters. The molecule has 1 fully saturated rings. The summed E-state index contributed by atoms with van der Waals surface area (Å²) in [6, 6.07) is 4.16. The first kappa shape index (κ1) is 12.2. The molecule has 0 radical (unpaired) electrons. The second kappa shape index (κ2) is 5.36. The Balaban J connectivity index is 2.08. The first-order chi connectivity index (χ1) is 8.16. The van der Waals surface area contributed by atoms with E-state index in [2.05, 4.69) is 10.6 Å². The van der Waals surface area contributed by atoms with Crippen LogP contribution in [-0.4, -0.2) is 18.5 Å². The van der Waals surface area contributed by atoms with Crippen molar-refractivity contribution >= 4 is 23.2 Å². The first-order valence-corrected chi connectivity index (χ1v) is 6.04. The van der Waals surface area contributed by atoms with Crippen LogP contribution in [0.1, 0.15) is 19.3 Å². The van der Waals surface area contributed by atoms with Crippen molar-refractivity contribution in [1.29, 1.82) is 0 Å². The van der Waals surface area contributed by atoms with Crippen LogP contribution in [0.4, 0.5) is 10.1 Å². The molecule has 1 amide bonds. The van der Waals surface area contributed by atoms with Gasteiger partial charge in [-0.2, -0.15) is 0 Å². The molecule has 1 unspecified atom stereocenters. The maximum absolute atomic E-state index is 13.2. The average molecular weight is 257 g/mol. The van der Waals surface area contributed by atoms with Crippen molar-refractivity contribution in [2.45, 2.75) is 25.3 Å². The Kier molecular flexibility index (Phi) is 3.84. The van der Waals surface area contributed by atoms with Crippen LogP contribution in [0, 0.1) is 5.82 Å². The molecule has 0 saturated carbocycles. The summed E-state index contributed by atoms with van der Waals surface area (Å²) in [7, 11) is 0. The van der Waals surface area contributed by atoms with E-state index in [0.717, 1.165) is 19.3 Å². The van der Waals surface area contributed by atoms with E-state index < -0.39 is 5.82 Å². The van der Waals surface area contributed by atoms with Crippen LogP contribution in [0.15, 0.2) is 18.2 Å². The molecule has 0 aliphatic carbocycles. The SMILES string of the molecule is O=C1NCCCCC1Nc1ccc(Cl)c(F)c1. The maximum Gasteiger partial charge on any atom is 0.242 e. The summed E-state index contributed by atoms with van der Waals surface area (Å²) in [4.78, 5) is 11.7. The fourth-order valence-corrected chi connectivity index (χ4v) is 1.98. The van der Waals surface area contributed by atoms with Crippen LogP contribution in [-0.2, 0) is 4.79 Å². The smallest absolute Gasteiger partial charge is 0.242 e. The van der Waals surface area contributed by atoms with Gasteiger partial charge in [0.1, 0.15) is 11.9 Å². The highest BCUT2D eigenvalue weighted by Crippen LogP contribution is 2.20. The second-order valence-corrected chi connectivity index (χ2v) is 4.52. The third-order valence-electron chi connectivity index (χ3n) is 2.80. The van der Waals surface area contributed by atoms with Crippen LogP contribution in [0.5, 0.6) is 0 Å². The molecule has 2 rings (SSSR count). The predicted octanol–water partition coefficient (Wildman–Crippen LogP) is 2.56. The van der Waals surface area contributed by atoms with Crippen molar-refractivity contribution in [2.75, 3.05) is 11.9 Å². The van der Waals surface area contributed by atoms with Gasteiger partial charge in [-0.25, -0.2) is 4.39 Å². The lowest BCUT2D eigenvalue weighted by Gasteiger charge is -2.16. The Morgan fingerprint density at radius 1 is 1.41 bits per heavy atom. The number of anilines is 1. The summed E-state index contributed by atoms with van der Waals surface area (Å²) in [6.07, 6.45) is 2.72. The Labute approximate surface area is 104 Å². The minimum absolute atomic E-state index is 0.0298. The van der Waals surface area contributed by atoms with E-state index in [1.165, 1.54) is 12.1 Å². The number of nitrogens with one attached hydrogen (secondary N) is 2. The minimum atomic E-state index is -0.481. The van der Waals surface area contributed by atoms with Crippen LogP contribution in [0.3, 0.4) is 0 Å². The van der Waals surface area contributed by atoms with Crippen molar-refractivity contribution in [3.05, 3.63) is 29.0 Å². The number of rotatable bonds is 2. The fourth-order valence-electron chi connectivity index (χ4n) is 1.86. The van der Waals surface area contributed by atoms with Gasteiger partial charge in [-0.1, -0.05) is 11.6 Å². The minimum Gasteiger partial charge on any atom is -0.374 e. The Morgan fingerprint density at radius 2 is 2.24 bits per heavy atom. The van der Waals surface area contributed by atoms with Crippen molar-refractivity contribution < 1.29 is 9.18 Å². The second-order valence-electron chi connectivity index (χ2n) is 4.11. The average Bonchev–Trinajstić information content (AvgIpc) is 2.50. The zero-order chi connectivity index (χ0) is 12.3. The molecule has 3 nitrogen and oxygen atoms in total. The number of benzene rings is 1. The summed E-state index contributed by atoms with van der Waals surface area (Å²) >= 11 is 5.60. The number of carbonyl (C=O) groups excluding carboxylic acids is 1. The normalized spacial score (nSPS) is 20.6. The molecule has 1 aromatic carbocycles. The number of carbonyl (C=O) groups is 1. The molecular formula is C12H14ClFN2O. The molecule has 1 aliphatic rings. The maximum atomic E-state index is 13.2. The van der Waals surface area contributed by atoms with E-state index in [-0.39, 0.29) is 17.0 Å². The van der Waals surface area contributed by atoms with Gasteiger partial charge >= 0.3 is 0 Å². The Bertz CT molecular complexity index is 425. The van der Waals surface area contributed by atoms with E-state index in [4.69, 9.17) is 11.6 Å². The van der Waals surface area contributed by atoms with Crippen molar-refractivity contribution in [1.82, 2.24) is 5.32 Å². The van der Waals surface area contributed by atoms with E-state index in [0.29, 0.717) is 12.2 Å². The molecule has 2 N–H and O–H groups in total. The van der Waals surface area contributed by atoms with Gasteiger partial charge in [0.25, 0.3) is 0 Å². The third-order valence-corrected chi connectivity index (χ3v) is 3.10. The molecule has 1 aromatic rings. The Hall–Kier alpha value is -1.29. The molecule has 0 spiro atoms. The van der Waals surface area contributed by atoms with Gasteiger partial charge in [-0.15, -0.1) is 0 Å². The number of hydrogen-bond acceptors (Lipinski definition) is 2.